The van der Waals surface area contributed by atoms with Gasteiger partial charge in [-0.1, -0.05) is 48.5 Å². The summed E-state index contributed by atoms with van der Waals surface area (Å²) in [4.78, 5) is 14.6. The normalized spacial score (nSPS) is 16.3. The summed E-state index contributed by atoms with van der Waals surface area (Å²) < 4.78 is 38.3. The van der Waals surface area contributed by atoms with Gasteiger partial charge in [0, 0.05) is 25.7 Å². The summed E-state index contributed by atoms with van der Waals surface area (Å²) >= 11 is 0. The van der Waals surface area contributed by atoms with Crippen LogP contribution in [-0.2, 0) is 23.9 Å². The van der Waals surface area contributed by atoms with Crippen LogP contribution in [0.1, 0.15) is 29.5 Å². The van der Waals surface area contributed by atoms with E-state index in [1.807, 2.05) is 18.2 Å². The molecule has 144 valence electrons. The molecule has 1 heterocycles. The molecule has 0 radical (unpaired) electrons. The number of amides is 1. The predicted molar refractivity (Wildman–Crippen MR) is 98.0 cm³/mol. The summed E-state index contributed by atoms with van der Waals surface area (Å²) in [6.45, 7) is 2.68. The van der Waals surface area contributed by atoms with Gasteiger partial charge in [-0.3, -0.25) is 9.69 Å². The van der Waals surface area contributed by atoms with E-state index in [1.54, 1.807) is 6.07 Å². The maximum Gasteiger partial charge on any atom is 0.416 e. The van der Waals surface area contributed by atoms with Crippen LogP contribution in [0.4, 0.5) is 13.2 Å². The molecule has 1 fully saturated rings. The Bertz CT molecular complexity index is 754. The number of piperidine rings is 1. The van der Waals surface area contributed by atoms with E-state index in [0.29, 0.717) is 5.56 Å². The molecule has 0 aromatic heterocycles. The third-order valence-corrected chi connectivity index (χ3v) is 4.82. The van der Waals surface area contributed by atoms with Gasteiger partial charge in [0.25, 0.3) is 0 Å². The first-order chi connectivity index (χ1) is 12.9. The van der Waals surface area contributed by atoms with Crippen molar-refractivity contribution in [3.63, 3.8) is 0 Å². The van der Waals surface area contributed by atoms with Crippen molar-refractivity contribution in [1.29, 1.82) is 0 Å². The van der Waals surface area contributed by atoms with Crippen LogP contribution in [-0.4, -0.2) is 29.9 Å². The molecule has 6 heteroatoms. The maximum atomic E-state index is 12.8. The first-order valence-electron chi connectivity index (χ1n) is 9.12. The monoisotopic (exact) mass is 376 g/mol. The Hall–Kier alpha value is -2.34. The number of hydrogen-bond donors (Lipinski definition) is 1. The highest BCUT2D eigenvalue weighted by atomic mass is 19.4. The van der Waals surface area contributed by atoms with Crippen molar-refractivity contribution >= 4 is 5.91 Å². The number of halogens is 3. The fraction of sp³-hybridized carbons (Fsp3) is 0.381. The topological polar surface area (TPSA) is 32.3 Å². The van der Waals surface area contributed by atoms with Crippen molar-refractivity contribution in [3.8, 4) is 0 Å². The Morgan fingerprint density at radius 2 is 1.67 bits per heavy atom. The van der Waals surface area contributed by atoms with Gasteiger partial charge in [0.05, 0.1) is 12.0 Å². The third-order valence-electron chi connectivity index (χ3n) is 4.82. The van der Waals surface area contributed by atoms with Gasteiger partial charge in [-0.25, -0.2) is 0 Å². The van der Waals surface area contributed by atoms with Gasteiger partial charge in [0.2, 0.25) is 5.91 Å². The number of hydrogen-bond acceptors (Lipinski definition) is 2. The average Bonchev–Trinajstić information content (AvgIpc) is 2.64. The van der Waals surface area contributed by atoms with Crippen molar-refractivity contribution in [2.75, 3.05) is 13.1 Å². The Morgan fingerprint density at radius 3 is 2.33 bits per heavy atom. The lowest BCUT2D eigenvalue weighted by Crippen LogP contribution is -2.44. The number of likely N-dealkylation sites (tertiary alicyclic amines) is 1. The Balaban J connectivity index is 1.46. The van der Waals surface area contributed by atoms with Crippen LogP contribution in [0.3, 0.4) is 0 Å². The molecule has 0 aliphatic carbocycles. The number of carbonyl (C=O) groups excluding carboxylic acids is 1. The molecule has 27 heavy (non-hydrogen) atoms. The number of benzene rings is 2. The molecule has 0 saturated carbocycles. The molecule has 0 bridgehead atoms. The highest BCUT2D eigenvalue weighted by molar-refractivity contribution is 5.78. The second-order valence-electron chi connectivity index (χ2n) is 6.98. The Labute approximate surface area is 157 Å². The lowest BCUT2D eigenvalue weighted by molar-refractivity contribution is -0.137. The van der Waals surface area contributed by atoms with E-state index in [4.69, 9.17) is 0 Å². The van der Waals surface area contributed by atoms with Gasteiger partial charge < -0.3 is 5.32 Å². The number of rotatable bonds is 5. The SMILES string of the molecule is O=C(Cc1cccc(C(F)(F)F)c1)NC1CCN(Cc2ccccc2)CC1. The molecule has 2 aromatic carbocycles. The molecule has 0 unspecified atom stereocenters. The van der Waals surface area contributed by atoms with Crippen LogP contribution in [0.2, 0.25) is 0 Å². The van der Waals surface area contributed by atoms with Gasteiger partial charge in [-0.05, 0) is 30.0 Å². The minimum atomic E-state index is -4.39. The van der Waals surface area contributed by atoms with E-state index in [2.05, 4.69) is 22.3 Å². The molecule has 1 aliphatic heterocycles. The Kier molecular flexibility index (Phi) is 6.16. The molecule has 1 saturated heterocycles. The van der Waals surface area contributed by atoms with Crippen LogP contribution in [0.25, 0.3) is 0 Å². The second-order valence-corrected chi connectivity index (χ2v) is 6.98. The molecule has 1 N–H and O–H groups in total. The van der Waals surface area contributed by atoms with Crippen molar-refractivity contribution in [1.82, 2.24) is 10.2 Å². The minimum Gasteiger partial charge on any atom is -0.353 e. The third kappa shape index (κ3) is 5.82. The summed E-state index contributed by atoms with van der Waals surface area (Å²) in [6, 6.07) is 15.3. The first-order valence-corrected chi connectivity index (χ1v) is 9.12. The largest absolute Gasteiger partial charge is 0.416 e. The van der Waals surface area contributed by atoms with Gasteiger partial charge in [0.1, 0.15) is 0 Å². The van der Waals surface area contributed by atoms with Crippen molar-refractivity contribution in [2.24, 2.45) is 0 Å². The molecule has 1 amide bonds. The zero-order chi connectivity index (χ0) is 19.3. The van der Waals surface area contributed by atoms with E-state index >= 15 is 0 Å². The molecule has 3 nitrogen and oxygen atoms in total. The standard InChI is InChI=1S/C21H23F3N2O/c22-21(23,24)18-8-4-7-17(13-18)14-20(27)25-19-9-11-26(12-10-19)15-16-5-2-1-3-6-16/h1-8,13,19H,9-12,14-15H2,(H,25,27). The summed E-state index contributed by atoms with van der Waals surface area (Å²) in [7, 11) is 0. The lowest BCUT2D eigenvalue weighted by Gasteiger charge is -2.32. The van der Waals surface area contributed by atoms with Gasteiger partial charge >= 0.3 is 6.18 Å². The van der Waals surface area contributed by atoms with Crippen LogP contribution in [0, 0.1) is 0 Å². The number of alkyl halides is 3. The molecule has 2 aromatic rings. The minimum absolute atomic E-state index is 0.0336. The van der Waals surface area contributed by atoms with E-state index < -0.39 is 11.7 Å². The van der Waals surface area contributed by atoms with Crippen molar-refractivity contribution in [2.45, 2.75) is 38.0 Å². The molecule has 1 aliphatic rings. The molecule has 0 atom stereocenters. The number of nitrogens with one attached hydrogen (secondary N) is 1. The van der Waals surface area contributed by atoms with E-state index in [9.17, 15) is 18.0 Å². The average molecular weight is 376 g/mol. The second kappa shape index (κ2) is 8.57. The molecule has 3 rings (SSSR count). The van der Waals surface area contributed by atoms with Gasteiger partial charge in [0.15, 0.2) is 0 Å². The predicted octanol–water partition coefficient (Wildman–Crippen LogP) is 4.03. The van der Waals surface area contributed by atoms with Crippen LogP contribution >= 0.6 is 0 Å². The number of nitrogens with zero attached hydrogens (tertiary/aromatic N) is 1. The lowest BCUT2D eigenvalue weighted by atomic mass is 10.0. The maximum absolute atomic E-state index is 12.8. The van der Waals surface area contributed by atoms with Crippen LogP contribution < -0.4 is 5.32 Å². The highest BCUT2D eigenvalue weighted by Crippen LogP contribution is 2.29. The first kappa shape index (κ1) is 19.4. The van der Waals surface area contributed by atoms with E-state index in [0.717, 1.165) is 44.6 Å². The zero-order valence-electron chi connectivity index (χ0n) is 15.0. The van der Waals surface area contributed by atoms with Crippen LogP contribution in [0.15, 0.2) is 54.6 Å². The van der Waals surface area contributed by atoms with Gasteiger partial charge in [-0.2, -0.15) is 13.2 Å². The van der Waals surface area contributed by atoms with Crippen LogP contribution in [0.5, 0.6) is 0 Å². The fourth-order valence-corrected chi connectivity index (χ4v) is 3.40. The fourth-order valence-electron chi connectivity index (χ4n) is 3.40. The molecular formula is C21H23F3N2O. The molecular weight excluding hydrogens is 353 g/mol. The van der Waals surface area contributed by atoms with Crippen molar-refractivity contribution in [3.05, 3.63) is 71.3 Å². The van der Waals surface area contributed by atoms with E-state index in [-0.39, 0.29) is 18.4 Å². The van der Waals surface area contributed by atoms with Crippen molar-refractivity contribution < 1.29 is 18.0 Å². The summed E-state index contributed by atoms with van der Waals surface area (Å²) in [6.07, 6.45) is -2.73. The number of carbonyl (C=O) groups is 1. The Morgan fingerprint density at radius 1 is 1.00 bits per heavy atom. The quantitative estimate of drug-likeness (QED) is 0.855. The van der Waals surface area contributed by atoms with E-state index in [1.165, 1.54) is 11.6 Å². The smallest absolute Gasteiger partial charge is 0.353 e. The summed E-state index contributed by atoms with van der Waals surface area (Å²) in [5.74, 6) is -0.226. The molecule has 0 spiro atoms. The summed E-state index contributed by atoms with van der Waals surface area (Å²) in [5, 5.41) is 2.96. The van der Waals surface area contributed by atoms with Gasteiger partial charge in [-0.15, -0.1) is 0 Å². The summed E-state index contributed by atoms with van der Waals surface area (Å²) in [5.41, 5.74) is 0.926. The highest BCUT2D eigenvalue weighted by Gasteiger charge is 2.30. The zero-order valence-corrected chi connectivity index (χ0v) is 15.0.